The first kappa shape index (κ1) is 17.7. The normalized spacial score (nSPS) is 11.2. The van der Waals surface area contributed by atoms with E-state index >= 15 is 0 Å². The van der Waals surface area contributed by atoms with Gasteiger partial charge in [-0.1, -0.05) is 13.8 Å². The number of rotatable bonds is 6. The van der Waals surface area contributed by atoms with Gasteiger partial charge in [-0.15, -0.1) is 0 Å². The largest absolute Gasteiger partial charge is 0.377 e. The number of nitrogens with one attached hydrogen (secondary N) is 1. The van der Waals surface area contributed by atoms with Gasteiger partial charge in [-0.3, -0.25) is 14.0 Å². The predicted molar refractivity (Wildman–Crippen MR) is 94.9 cm³/mol. The number of hydrogen-bond acceptors (Lipinski definition) is 6. The minimum atomic E-state index is -0.401. The van der Waals surface area contributed by atoms with E-state index in [0.717, 1.165) is 10.2 Å². The van der Waals surface area contributed by atoms with Crippen LogP contribution in [0.5, 0.6) is 0 Å². The SMILES string of the molecule is COCc1nn(CC(=O)Nc2ccncn2)c(=O)c2cc(C(C)C)cn12. The summed E-state index contributed by atoms with van der Waals surface area (Å²) in [5.74, 6) is 0.769. The van der Waals surface area contributed by atoms with Crippen LogP contribution in [0.2, 0.25) is 0 Å². The summed E-state index contributed by atoms with van der Waals surface area (Å²) in [6.07, 6.45) is 4.73. The molecule has 9 heteroatoms. The van der Waals surface area contributed by atoms with Crippen LogP contribution in [0, 0.1) is 0 Å². The van der Waals surface area contributed by atoms with Crippen molar-refractivity contribution in [2.45, 2.75) is 32.9 Å². The van der Waals surface area contributed by atoms with Crippen LogP contribution in [0.1, 0.15) is 31.2 Å². The number of anilines is 1. The fourth-order valence-electron chi connectivity index (χ4n) is 2.56. The summed E-state index contributed by atoms with van der Waals surface area (Å²) in [5.41, 5.74) is 1.14. The van der Waals surface area contributed by atoms with Gasteiger partial charge in [0, 0.05) is 19.5 Å². The number of carbonyl (C=O) groups is 1. The smallest absolute Gasteiger partial charge is 0.291 e. The van der Waals surface area contributed by atoms with Crippen molar-refractivity contribution in [3.63, 3.8) is 0 Å². The summed E-state index contributed by atoms with van der Waals surface area (Å²) >= 11 is 0. The summed E-state index contributed by atoms with van der Waals surface area (Å²) in [6, 6.07) is 3.39. The van der Waals surface area contributed by atoms with Gasteiger partial charge in [0.05, 0.1) is 0 Å². The average molecular weight is 356 g/mol. The van der Waals surface area contributed by atoms with E-state index in [1.807, 2.05) is 26.1 Å². The van der Waals surface area contributed by atoms with Crippen molar-refractivity contribution in [2.75, 3.05) is 12.4 Å². The lowest BCUT2D eigenvalue weighted by Crippen LogP contribution is -2.32. The zero-order valence-corrected chi connectivity index (χ0v) is 14.8. The molecule has 0 saturated heterocycles. The van der Waals surface area contributed by atoms with Crippen LogP contribution in [-0.4, -0.2) is 37.2 Å². The first-order valence-electron chi connectivity index (χ1n) is 8.16. The third-order valence-corrected chi connectivity index (χ3v) is 3.89. The molecule has 0 aliphatic rings. The van der Waals surface area contributed by atoms with Gasteiger partial charge in [-0.2, -0.15) is 5.10 Å². The second kappa shape index (κ2) is 7.44. The van der Waals surface area contributed by atoms with E-state index in [-0.39, 0.29) is 24.6 Å². The van der Waals surface area contributed by atoms with Crippen molar-refractivity contribution in [3.05, 3.63) is 52.6 Å². The summed E-state index contributed by atoms with van der Waals surface area (Å²) in [6.45, 7) is 4.09. The molecule has 26 heavy (non-hydrogen) atoms. The molecule has 0 unspecified atom stereocenters. The molecule has 3 rings (SSSR count). The van der Waals surface area contributed by atoms with E-state index < -0.39 is 5.91 Å². The number of fused-ring (bicyclic) bond motifs is 1. The quantitative estimate of drug-likeness (QED) is 0.712. The van der Waals surface area contributed by atoms with Crippen LogP contribution in [0.3, 0.4) is 0 Å². The van der Waals surface area contributed by atoms with Gasteiger partial charge in [0.2, 0.25) is 5.91 Å². The van der Waals surface area contributed by atoms with Crippen LogP contribution in [0.25, 0.3) is 5.52 Å². The fraction of sp³-hybridized carbons (Fsp3) is 0.353. The molecular formula is C17H20N6O3. The Kier molecular flexibility index (Phi) is 5.08. The van der Waals surface area contributed by atoms with Gasteiger partial charge in [-0.05, 0) is 23.6 Å². The Morgan fingerprint density at radius 1 is 1.38 bits per heavy atom. The Morgan fingerprint density at radius 3 is 2.85 bits per heavy atom. The lowest BCUT2D eigenvalue weighted by atomic mass is 10.1. The van der Waals surface area contributed by atoms with Crippen LogP contribution < -0.4 is 10.9 Å². The summed E-state index contributed by atoms with van der Waals surface area (Å²) in [7, 11) is 1.55. The Morgan fingerprint density at radius 2 is 2.19 bits per heavy atom. The number of aromatic nitrogens is 5. The Hall–Kier alpha value is -3.07. The minimum Gasteiger partial charge on any atom is -0.377 e. The number of nitrogens with zero attached hydrogens (tertiary/aromatic N) is 5. The van der Waals surface area contributed by atoms with Gasteiger partial charge >= 0.3 is 0 Å². The van der Waals surface area contributed by atoms with Crippen LogP contribution in [-0.2, 0) is 22.7 Å². The highest BCUT2D eigenvalue weighted by atomic mass is 16.5. The van der Waals surface area contributed by atoms with Gasteiger partial charge in [0.25, 0.3) is 5.56 Å². The maximum absolute atomic E-state index is 12.7. The average Bonchev–Trinajstić information content (AvgIpc) is 3.06. The standard InChI is InChI=1S/C17H20N6O3/c1-11(2)12-6-13-17(25)23(21-15(9-26-3)22(13)7-12)8-16(24)20-14-4-5-18-10-19-14/h4-7,10-11H,8-9H2,1-3H3,(H,18,19,20,24). The van der Waals surface area contributed by atoms with E-state index in [0.29, 0.717) is 17.2 Å². The molecule has 1 N–H and O–H groups in total. The van der Waals surface area contributed by atoms with Crippen LogP contribution >= 0.6 is 0 Å². The van der Waals surface area contributed by atoms with Gasteiger partial charge < -0.3 is 10.1 Å². The lowest BCUT2D eigenvalue weighted by Gasteiger charge is -2.10. The van der Waals surface area contributed by atoms with E-state index in [1.165, 1.54) is 12.5 Å². The van der Waals surface area contributed by atoms with Crippen molar-refractivity contribution < 1.29 is 9.53 Å². The highest BCUT2D eigenvalue weighted by Crippen LogP contribution is 2.17. The second-order valence-electron chi connectivity index (χ2n) is 6.14. The molecule has 0 aliphatic heterocycles. The van der Waals surface area contributed by atoms with Crippen LogP contribution in [0.15, 0.2) is 35.6 Å². The van der Waals surface area contributed by atoms with E-state index in [9.17, 15) is 9.59 Å². The summed E-state index contributed by atoms with van der Waals surface area (Å²) in [5, 5.41) is 6.91. The molecule has 0 aromatic carbocycles. The number of amides is 1. The van der Waals surface area contributed by atoms with Crippen molar-refractivity contribution >= 4 is 17.2 Å². The lowest BCUT2D eigenvalue weighted by molar-refractivity contribution is -0.117. The van der Waals surface area contributed by atoms with E-state index in [2.05, 4.69) is 20.4 Å². The topological polar surface area (TPSA) is 103 Å². The molecule has 0 saturated carbocycles. The maximum Gasteiger partial charge on any atom is 0.291 e. The third-order valence-electron chi connectivity index (χ3n) is 3.89. The molecule has 1 amide bonds. The zero-order chi connectivity index (χ0) is 18.7. The minimum absolute atomic E-state index is 0.219. The summed E-state index contributed by atoms with van der Waals surface area (Å²) in [4.78, 5) is 32.7. The molecule has 0 atom stereocenters. The highest BCUT2D eigenvalue weighted by Gasteiger charge is 2.15. The fourth-order valence-corrected chi connectivity index (χ4v) is 2.56. The van der Waals surface area contributed by atoms with Crippen molar-refractivity contribution in [1.82, 2.24) is 24.1 Å². The van der Waals surface area contributed by atoms with Crippen LogP contribution in [0.4, 0.5) is 5.82 Å². The molecule has 3 aromatic heterocycles. The molecule has 3 aromatic rings. The Bertz CT molecular complexity index is 977. The van der Waals surface area contributed by atoms with E-state index in [4.69, 9.17) is 4.74 Å². The third kappa shape index (κ3) is 3.62. The Balaban J connectivity index is 1.96. The summed E-state index contributed by atoms with van der Waals surface area (Å²) < 4.78 is 8.05. The Labute approximate surface area is 149 Å². The molecule has 3 heterocycles. The number of hydrogen-bond donors (Lipinski definition) is 1. The van der Waals surface area contributed by atoms with Gasteiger partial charge in [-0.25, -0.2) is 14.6 Å². The predicted octanol–water partition coefficient (Wildman–Crippen LogP) is 1.19. The molecule has 0 bridgehead atoms. The first-order valence-corrected chi connectivity index (χ1v) is 8.16. The molecule has 0 fully saturated rings. The molecule has 0 radical (unpaired) electrons. The van der Waals surface area contributed by atoms with Gasteiger partial charge in [0.15, 0.2) is 5.82 Å². The maximum atomic E-state index is 12.7. The number of carbonyl (C=O) groups excluding carboxylic acids is 1. The molecule has 136 valence electrons. The molecular weight excluding hydrogens is 336 g/mol. The molecule has 9 nitrogen and oxygen atoms in total. The monoisotopic (exact) mass is 356 g/mol. The second-order valence-corrected chi connectivity index (χ2v) is 6.14. The number of methoxy groups -OCH3 is 1. The van der Waals surface area contributed by atoms with Crippen molar-refractivity contribution in [2.24, 2.45) is 0 Å². The molecule has 0 aliphatic carbocycles. The first-order chi connectivity index (χ1) is 12.5. The number of ether oxygens (including phenoxy) is 1. The van der Waals surface area contributed by atoms with Crippen molar-refractivity contribution in [3.8, 4) is 0 Å². The van der Waals surface area contributed by atoms with Gasteiger partial charge in [0.1, 0.15) is 30.8 Å². The highest BCUT2D eigenvalue weighted by molar-refractivity contribution is 5.89. The molecule has 0 spiro atoms. The van der Waals surface area contributed by atoms with E-state index in [1.54, 1.807) is 17.6 Å². The zero-order valence-electron chi connectivity index (χ0n) is 14.8. The van der Waals surface area contributed by atoms with Crippen molar-refractivity contribution in [1.29, 1.82) is 0 Å².